The minimum atomic E-state index is -1.63. The van der Waals surface area contributed by atoms with Crippen molar-refractivity contribution >= 4 is 5.97 Å². The third-order valence-corrected chi connectivity index (χ3v) is 8.14. The summed E-state index contributed by atoms with van der Waals surface area (Å²) >= 11 is 0. The van der Waals surface area contributed by atoms with Crippen LogP contribution < -0.4 is 9.47 Å². The van der Waals surface area contributed by atoms with Gasteiger partial charge in [-0.05, 0) is 42.3 Å². The standard InChI is InChI=1S/C30H30O13/c1-11-25(37)26(38)27(39)30(40-11)42-22-8-15-18(33)10-21-24(29(15)43-28(22)13-3-5-17(32)20(35)7-13)14(9-23(36)41-21)12-2-4-16(31)19(34)6-12/h2-7,10-11,14,22,25-28,30-35,37-39H,8-9H2,1H3/t11-,14-,22+,25-,26+,27+,28+,30-/m0/s1. The van der Waals surface area contributed by atoms with Crippen LogP contribution >= 0.6 is 0 Å². The summed E-state index contributed by atoms with van der Waals surface area (Å²) in [5, 5.41) is 82.3. The number of rotatable bonds is 4. The normalized spacial score (nSPS) is 30.1. The zero-order chi connectivity index (χ0) is 30.7. The Hall–Kier alpha value is -4.27. The van der Waals surface area contributed by atoms with E-state index in [0.717, 1.165) is 0 Å². The third-order valence-electron chi connectivity index (χ3n) is 8.14. The summed E-state index contributed by atoms with van der Waals surface area (Å²) in [4.78, 5) is 12.6. The molecule has 228 valence electrons. The lowest BCUT2D eigenvalue weighted by molar-refractivity contribution is -0.310. The molecule has 1 saturated heterocycles. The minimum absolute atomic E-state index is 0.0220. The van der Waals surface area contributed by atoms with Gasteiger partial charge < -0.3 is 59.8 Å². The van der Waals surface area contributed by atoms with E-state index in [1.165, 1.54) is 49.4 Å². The highest BCUT2D eigenvalue weighted by Crippen LogP contribution is 2.53. The van der Waals surface area contributed by atoms with Gasteiger partial charge in [0.25, 0.3) is 0 Å². The summed E-state index contributed by atoms with van der Waals surface area (Å²) in [7, 11) is 0. The van der Waals surface area contributed by atoms with Crippen LogP contribution in [0, 0.1) is 0 Å². The average molecular weight is 599 g/mol. The topological polar surface area (TPSA) is 216 Å². The van der Waals surface area contributed by atoms with Gasteiger partial charge in [-0.1, -0.05) is 12.1 Å². The van der Waals surface area contributed by atoms with Gasteiger partial charge in [-0.3, -0.25) is 4.79 Å². The zero-order valence-electron chi connectivity index (χ0n) is 22.7. The molecular weight excluding hydrogens is 568 g/mol. The van der Waals surface area contributed by atoms with Crippen molar-refractivity contribution in [3.63, 3.8) is 0 Å². The number of esters is 1. The predicted octanol–water partition coefficient (Wildman–Crippen LogP) is 1.54. The molecule has 0 aliphatic carbocycles. The van der Waals surface area contributed by atoms with Crippen molar-refractivity contribution < 1.29 is 64.6 Å². The maximum absolute atomic E-state index is 12.6. The molecule has 3 aromatic rings. The molecule has 8 N–H and O–H groups in total. The van der Waals surface area contributed by atoms with Crippen molar-refractivity contribution in [2.24, 2.45) is 0 Å². The number of benzene rings is 3. The quantitative estimate of drug-likeness (QED) is 0.122. The fourth-order valence-electron chi connectivity index (χ4n) is 5.83. The second-order valence-electron chi connectivity index (χ2n) is 10.9. The van der Waals surface area contributed by atoms with E-state index in [9.17, 15) is 45.6 Å². The first-order valence-corrected chi connectivity index (χ1v) is 13.6. The summed E-state index contributed by atoms with van der Waals surface area (Å²) in [5.41, 5.74) is 1.42. The number of fused-ring (bicyclic) bond motifs is 3. The van der Waals surface area contributed by atoms with E-state index in [2.05, 4.69) is 0 Å². The largest absolute Gasteiger partial charge is 0.507 e. The molecule has 3 aliphatic heterocycles. The lowest BCUT2D eigenvalue weighted by Crippen LogP contribution is -2.58. The van der Waals surface area contributed by atoms with Gasteiger partial charge in [0.2, 0.25) is 0 Å². The van der Waals surface area contributed by atoms with E-state index in [-0.39, 0.29) is 47.2 Å². The molecule has 0 spiro atoms. The monoisotopic (exact) mass is 598 g/mol. The Morgan fingerprint density at radius 3 is 2.09 bits per heavy atom. The van der Waals surface area contributed by atoms with Gasteiger partial charge in [-0.25, -0.2) is 0 Å². The third kappa shape index (κ3) is 5.04. The van der Waals surface area contributed by atoms with Crippen LogP contribution in [-0.4, -0.2) is 83.6 Å². The molecule has 3 aromatic carbocycles. The molecule has 0 saturated carbocycles. The second-order valence-corrected chi connectivity index (χ2v) is 10.9. The Balaban J connectivity index is 1.46. The summed E-state index contributed by atoms with van der Waals surface area (Å²) in [5.74, 6) is -3.02. The van der Waals surface area contributed by atoms with Crippen LogP contribution in [0.25, 0.3) is 0 Å². The number of phenols is 5. The zero-order valence-corrected chi connectivity index (χ0v) is 22.7. The molecule has 13 heteroatoms. The molecule has 43 heavy (non-hydrogen) atoms. The Labute approximate surface area is 244 Å². The number of aromatic hydroxyl groups is 5. The van der Waals surface area contributed by atoms with Crippen LogP contribution in [0.15, 0.2) is 42.5 Å². The maximum Gasteiger partial charge on any atom is 0.312 e. The predicted molar refractivity (Wildman–Crippen MR) is 144 cm³/mol. The Kier molecular flexibility index (Phi) is 7.22. The van der Waals surface area contributed by atoms with Crippen molar-refractivity contribution in [3.8, 4) is 40.2 Å². The van der Waals surface area contributed by atoms with Crippen LogP contribution in [0.5, 0.6) is 40.2 Å². The average Bonchev–Trinajstić information content (AvgIpc) is 2.97. The highest BCUT2D eigenvalue weighted by molar-refractivity contribution is 5.80. The summed E-state index contributed by atoms with van der Waals surface area (Å²) in [6.45, 7) is 1.50. The lowest BCUT2D eigenvalue weighted by atomic mass is 9.82. The molecule has 1 fully saturated rings. The van der Waals surface area contributed by atoms with Crippen molar-refractivity contribution in [3.05, 3.63) is 64.7 Å². The molecule has 3 aliphatic rings. The van der Waals surface area contributed by atoms with Crippen LogP contribution in [0.1, 0.15) is 47.6 Å². The maximum atomic E-state index is 12.6. The number of phenolic OH excluding ortho intramolecular Hbond substituents is 5. The molecule has 0 bridgehead atoms. The number of hydrogen-bond donors (Lipinski definition) is 8. The van der Waals surface area contributed by atoms with Crippen LogP contribution in [0.4, 0.5) is 0 Å². The molecule has 0 aromatic heterocycles. The Bertz CT molecular complexity index is 1570. The number of hydrogen-bond acceptors (Lipinski definition) is 13. The van der Waals surface area contributed by atoms with Gasteiger partial charge in [-0.15, -0.1) is 0 Å². The summed E-state index contributed by atoms with van der Waals surface area (Å²) in [6.07, 6.45) is -9.16. The van der Waals surface area contributed by atoms with E-state index in [0.29, 0.717) is 16.7 Å². The number of aliphatic hydroxyl groups is 3. The SMILES string of the molecule is C[C@@H]1O[C@@H](O[C@@H]2Cc3c(O)cc4c(c3O[C@@H]2c2ccc(O)c(O)c2)[C@H](c2ccc(O)c(O)c2)CC(=O)O4)[C@H](O)[C@H](O)[C@H]1O. The van der Waals surface area contributed by atoms with E-state index in [4.69, 9.17) is 18.9 Å². The Morgan fingerprint density at radius 2 is 1.42 bits per heavy atom. The molecule has 0 radical (unpaired) electrons. The lowest BCUT2D eigenvalue weighted by Gasteiger charge is -2.43. The molecule has 3 heterocycles. The molecule has 8 atom stereocenters. The Morgan fingerprint density at radius 1 is 0.767 bits per heavy atom. The van der Waals surface area contributed by atoms with Gasteiger partial charge in [0.1, 0.15) is 41.7 Å². The first-order valence-electron chi connectivity index (χ1n) is 13.6. The highest BCUT2D eigenvalue weighted by Gasteiger charge is 2.47. The van der Waals surface area contributed by atoms with Gasteiger partial charge >= 0.3 is 5.97 Å². The van der Waals surface area contributed by atoms with Gasteiger partial charge in [0.15, 0.2) is 35.4 Å². The van der Waals surface area contributed by atoms with Crippen molar-refractivity contribution in [2.75, 3.05) is 0 Å². The second kappa shape index (κ2) is 10.8. The number of carbonyl (C=O) groups excluding carboxylic acids is 1. The molecule has 0 amide bonds. The number of aliphatic hydroxyl groups excluding tert-OH is 3. The van der Waals surface area contributed by atoms with Gasteiger partial charge in [-0.2, -0.15) is 0 Å². The first-order chi connectivity index (χ1) is 20.4. The molecule has 0 unspecified atom stereocenters. The van der Waals surface area contributed by atoms with Gasteiger partial charge in [0, 0.05) is 29.5 Å². The van der Waals surface area contributed by atoms with Gasteiger partial charge in [0.05, 0.1) is 12.5 Å². The summed E-state index contributed by atoms with van der Waals surface area (Å²) < 4.78 is 23.7. The molecule has 6 rings (SSSR count). The van der Waals surface area contributed by atoms with E-state index in [1.54, 1.807) is 0 Å². The van der Waals surface area contributed by atoms with Crippen molar-refractivity contribution in [2.45, 2.75) is 68.6 Å². The smallest absolute Gasteiger partial charge is 0.312 e. The number of ether oxygens (including phenoxy) is 4. The van der Waals surface area contributed by atoms with Crippen LogP contribution in [0.3, 0.4) is 0 Å². The van der Waals surface area contributed by atoms with Crippen LogP contribution in [0.2, 0.25) is 0 Å². The fourth-order valence-corrected chi connectivity index (χ4v) is 5.83. The van der Waals surface area contributed by atoms with Crippen molar-refractivity contribution in [1.29, 1.82) is 0 Å². The van der Waals surface area contributed by atoms with Crippen molar-refractivity contribution in [1.82, 2.24) is 0 Å². The minimum Gasteiger partial charge on any atom is -0.507 e. The first kappa shape index (κ1) is 28.8. The summed E-state index contributed by atoms with van der Waals surface area (Å²) in [6, 6.07) is 9.38. The molecular formula is C30H30O13. The fraction of sp³-hybridized carbons (Fsp3) is 0.367. The van der Waals surface area contributed by atoms with E-state index in [1.807, 2.05) is 0 Å². The van der Waals surface area contributed by atoms with E-state index < -0.39 is 66.3 Å². The number of carbonyl (C=O) groups is 1. The van der Waals surface area contributed by atoms with Crippen LogP contribution in [-0.2, 0) is 20.7 Å². The van der Waals surface area contributed by atoms with E-state index >= 15 is 0 Å². The molecule has 13 nitrogen and oxygen atoms in total. The highest BCUT2D eigenvalue weighted by atomic mass is 16.7.